The van der Waals surface area contributed by atoms with Crippen LogP contribution in [0.1, 0.15) is 10.4 Å². The number of rotatable bonds is 4. The van der Waals surface area contributed by atoms with Crippen LogP contribution in [0.2, 0.25) is 0 Å². The van der Waals surface area contributed by atoms with Crippen LogP contribution in [0.5, 0.6) is 5.75 Å². The first kappa shape index (κ1) is 11.5. The first-order chi connectivity index (χ1) is 7.16. The Kier molecular flexibility index (Phi) is 4.05. The number of phenolic OH excluding ortho intramolecular Hbond substituents is 1. The molecular weight excluding hydrogens is 201 g/mol. The highest BCUT2D eigenvalue weighted by molar-refractivity contribution is 5.97. The quantitative estimate of drug-likeness (QED) is 0.731. The minimum Gasteiger partial charge on any atom is -0.507 e. The van der Waals surface area contributed by atoms with E-state index in [4.69, 9.17) is 4.74 Å². The van der Waals surface area contributed by atoms with Gasteiger partial charge < -0.3 is 15.2 Å². The Morgan fingerprint density at radius 2 is 2.33 bits per heavy atom. The summed E-state index contributed by atoms with van der Waals surface area (Å²) in [5.74, 6) is -1.77. The molecule has 0 fully saturated rings. The molecule has 0 aromatic heterocycles. The first-order valence-electron chi connectivity index (χ1n) is 4.41. The van der Waals surface area contributed by atoms with Crippen molar-refractivity contribution in [2.24, 2.45) is 0 Å². The number of carbonyl (C=O) groups excluding carboxylic acids is 1. The Balaban J connectivity index is 2.73. The fourth-order valence-electron chi connectivity index (χ4n) is 1.09. The Morgan fingerprint density at radius 3 is 2.93 bits per heavy atom. The van der Waals surface area contributed by atoms with Crippen LogP contribution in [-0.2, 0) is 4.74 Å². The third kappa shape index (κ3) is 2.92. The molecule has 82 valence electrons. The van der Waals surface area contributed by atoms with Crippen LogP contribution in [0, 0.1) is 5.82 Å². The maximum Gasteiger partial charge on any atom is 0.258 e. The van der Waals surface area contributed by atoms with Crippen molar-refractivity contribution in [2.45, 2.75) is 0 Å². The van der Waals surface area contributed by atoms with E-state index in [9.17, 15) is 14.3 Å². The summed E-state index contributed by atoms with van der Waals surface area (Å²) in [6.07, 6.45) is 0. The Hall–Kier alpha value is -1.62. The number of amides is 1. The van der Waals surface area contributed by atoms with Gasteiger partial charge in [-0.25, -0.2) is 4.39 Å². The summed E-state index contributed by atoms with van der Waals surface area (Å²) in [4.78, 5) is 11.4. The molecule has 1 amide bonds. The van der Waals surface area contributed by atoms with E-state index in [1.807, 2.05) is 0 Å². The number of halogens is 1. The lowest BCUT2D eigenvalue weighted by Crippen LogP contribution is -2.27. The molecule has 1 aromatic carbocycles. The number of ether oxygens (including phenoxy) is 1. The van der Waals surface area contributed by atoms with Crippen LogP contribution in [0.4, 0.5) is 4.39 Å². The van der Waals surface area contributed by atoms with Gasteiger partial charge in [0.2, 0.25) is 0 Å². The van der Waals surface area contributed by atoms with Gasteiger partial charge in [0.1, 0.15) is 17.1 Å². The molecule has 15 heavy (non-hydrogen) atoms. The molecule has 0 bridgehead atoms. The Bertz CT molecular complexity index is 334. The highest BCUT2D eigenvalue weighted by Crippen LogP contribution is 2.19. The minimum atomic E-state index is -0.745. The average Bonchev–Trinajstić information content (AvgIpc) is 2.18. The number of hydrogen-bond donors (Lipinski definition) is 2. The summed E-state index contributed by atoms with van der Waals surface area (Å²) < 4.78 is 17.9. The molecule has 4 nitrogen and oxygen atoms in total. The van der Waals surface area contributed by atoms with Crippen LogP contribution in [0.3, 0.4) is 0 Å². The predicted octanol–water partition coefficient (Wildman–Crippen LogP) is 0.907. The van der Waals surface area contributed by atoms with Gasteiger partial charge in [0, 0.05) is 13.7 Å². The van der Waals surface area contributed by atoms with Crippen molar-refractivity contribution >= 4 is 5.91 Å². The third-order valence-corrected chi connectivity index (χ3v) is 1.81. The number of nitrogens with one attached hydrogen (secondary N) is 1. The summed E-state index contributed by atoms with van der Waals surface area (Å²) in [6, 6.07) is 3.70. The van der Waals surface area contributed by atoms with E-state index in [0.717, 1.165) is 6.07 Å². The molecule has 0 radical (unpaired) electrons. The lowest BCUT2D eigenvalue weighted by atomic mass is 10.2. The third-order valence-electron chi connectivity index (χ3n) is 1.81. The van der Waals surface area contributed by atoms with E-state index >= 15 is 0 Å². The molecule has 0 heterocycles. The van der Waals surface area contributed by atoms with E-state index in [2.05, 4.69) is 5.32 Å². The second-order valence-electron chi connectivity index (χ2n) is 2.88. The van der Waals surface area contributed by atoms with Crippen molar-refractivity contribution in [3.63, 3.8) is 0 Å². The number of phenols is 1. The zero-order valence-electron chi connectivity index (χ0n) is 8.29. The van der Waals surface area contributed by atoms with Gasteiger partial charge in [-0.15, -0.1) is 0 Å². The largest absolute Gasteiger partial charge is 0.507 e. The van der Waals surface area contributed by atoms with Crippen molar-refractivity contribution < 1.29 is 19.0 Å². The number of methoxy groups -OCH3 is 1. The molecule has 0 aliphatic carbocycles. The molecule has 1 aromatic rings. The van der Waals surface area contributed by atoms with Crippen molar-refractivity contribution in [1.29, 1.82) is 0 Å². The fourth-order valence-corrected chi connectivity index (χ4v) is 1.09. The highest BCUT2D eigenvalue weighted by atomic mass is 19.1. The van der Waals surface area contributed by atoms with Gasteiger partial charge in [-0.2, -0.15) is 0 Å². The average molecular weight is 213 g/mol. The summed E-state index contributed by atoms with van der Waals surface area (Å²) in [5.41, 5.74) is -0.339. The molecule has 5 heteroatoms. The standard InChI is InChI=1S/C10H12FNO3/c1-15-6-5-12-10(14)9-7(11)3-2-4-8(9)13/h2-4,13H,5-6H2,1H3,(H,12,14). The minimum absolute atomic E-state index is 0.267. The van der Waals surface area contributed by atoms with Gasteiger partial charge in [0.25, 0.3) is 5.91 Å². The molecule has 1 rings (SSSR count). The van der Waals surface area contributed by atoms with Crippen molar-refractivity contribution in [3.8, 4) is 5.75 Å². The summed E-state index contributed by atoms with van der Waals surface area (Å²) in [7, 11) is 1.49. The van der Waals surface area contributed by atoms with Crippen molar-refractivity contribution in [2.75, 3.05) is 20.3 Å². The normalized spacial score (nSPS) is 10.0. The van der Waals surface area contributed by atoms with Gasteiger partial charge in [0.15, 0.2) is 0 Å². The van der Waals surface area contributed by atoms with Crippen LogP contribution in [0.15, 0.2) is 18.2 Å². The van der Waals surface area contributed by atoms with E-state index in [1.54, 1.807) is 0 Å². The number of aromatic hydroxyl groups is 1. The van der Waals surface area contributed by atoms with Gasteiger partial charge >= 0.3 is 0 Å². The number of carbonyl (C=O) groups is 1. The van der Waals surface area contributed by atoms with Crippen molar-refractivity contribution in [3.05, 3.63) is 29.6 Å². The molecule has 0 unspecified atom stereocenters. The van der Waals surface area contributed by atoms with Gasteiger partial charge in [-0.1, -0.05) is 6.07 Å². The summed E-state index contributed by atoms with van der Waals surface area (Å²) in [6.45, 7) is 0.601. The Morgan fingerprint density at radius 1 is 1.60 bits per heavy atom. The second-order valence-corrected chi connectivity index (χ2v) is 2.88. The zero-order chi connectivity index (χ0) is 11.3. The molecular formula is C10H12FNO3. The lowest BCUT2D eigenvalue weighted by Gasteiger charge is -2.06. The summed E-state index contributed by atoms with van der Waals surface area (Å²) >= 11 is 0. The van der Waals surface area contributed by atoms with E-state index in [0.29, 0.717) is 6.61 Å². The Labute approximate surface area is 86.7 Å². The molecule has 0 spiro atoms. The van der Waals surface area contributed by atoms with Gasteiger partial charge in [-0.05, 0) is 12.1 Å². The maximum atomic E-state index is 13.2. The molecule has 0 saturated carbocycles. The van der Waals surface area contributed by atoms with E-state index in [-0.39, 0.29) is 17.9 Å². The highest BCUT2D eigenvalue weighted by Gasteiger charge is 2.15. The van der Waals surface area contributed by atoms with Crippen LogP contribution < -0.4 is 5.32 Å². The predicted molar refractivity (Wildman–Crippen MR) is 52.3 cm³/mol. The molecule has 0 atom stereocenters. The number of hydrogen-bond acceptors (Lipinski definition) is 3. The van der Waals surface area contributed by atoms with Crippen LogP contribution in [-0.4, -0.2) is 31.3 Å². The zero-order valence-corrected chi connectivity index (χ0v) is 8.29. The monoisotopic (exact) mass is 213 g/mol. The van der Waals surface area contributed by atoms with E-state index < -0.39 is 11.7 Å². The smallest absolute Gasteiger partial charge is 0.258 e. The van der Waals surface area contributed by atoms with Gasteiger partial charge in [-0.3, -0.25) is 4.79 Å². The maximum absolute atomic E-state index is 13.2. The number of benzene rings is 1. The van der Waals surface area contributed by atoms with Crippen LogP contribution >= 0.6 is 0 Å². The first-order valence-corrected chi connectivity index (χ1v) is 4.41. The SMILES string of the molecule is COCCNC(=O)c1c(O)cccc1F. The second kappa shape index (κ2) is 5.31. The van der Waals surface area contributed by atoms with Crippen LogP contribution in [0.25, 0.3) is 0 Å². The molecule has 0 saturated heterocycles. The van der Waals surface area contributed by atoms with E-state index in [1.165, 1.54) is 19.2 Å². The van der Waals surface area contributed by atoms with Gasteiger partial charge in [0.05, 0.1) is 6.61 Å². The topological polar surface area (TPSA) is 58.6 Å². The molecule has 0 aliphatic rings. The summed E-state index contributed by atoms with van der Waals surface area (Å²) in [5, 5.41) is 11.7. The molecule has 2 N–H and O–H groups in total. The lowest BCUT2D eigenvalue weighted by molar-refractivity contribution is 0.0930. The van der Waals surface area contributed by atoms with Crippen molar-refractivity contribution in [1.82, 2.24) is 5.32 Å². The fraction of sp³-hybridized carbons (Fsp3) is 0.300. The molecule has 0 aliphatic heterocycles.